The van der Waals surface area contributed by atoms with E-state index >= 15 is 0 Å². The Morgan fingerprint density at radius 3 is 2.27 bits per heavy atom. The first-order chi connectivity index (χ1) is 23.5. The van der Waals surface area contributed by atoms with Gasteiger partial charge in [-0.05, 0) is 124 Å². The summed E-state index contributed by atoms with van der Waals surface area (Å²) >= 11 is 0. The quantitative estimate of drug-likeness (QED) is 0.0997. The molecule has 3 aromatic carbocycles. The molecule has 3 unspecified atom stereocenters. The number of halogens is 1. The minimum Gasteiger partial charge on any atom is -0.391 e. The van der Waals surface area contributed by atoms with Gasteiger partial charge < -0.3 is 20.5 Å². The molecule has 1 saturated carbocycles. The van der Waals surface area contributed by atoms with Crippen LogP contribution in [0.15, 0.2) is 66.7 Å². The average Bonchev–Trinajstić information content (AvgIpc) is 3.97. The van der Waals surface area contributed by atoms with Gasteiger partial charge in [-0.1, -0.05) is 38.1 Å². The summed E-state index contributed by atoms with van der Waals surface area (Å²) in [7, 11) is 2.21. The summed E-state index contributed by atoms with van der Waals surface area (Å²) in [5.74, 6) is 0.217. The molecule has 1 aliphatic rings. The largest absolute Gasteiger partial charge is 0.391 e. The van der Waals surface area contributed by atoms with Crippen molar-refractivity contribution in [2.75, 3.05) is 30.3 Å². The Bertz CT molecular complexity index is 1450. The highest BCUT2D eigenvalue weighted by Crippen LogP contribution is 2.40. The van der Waals surface area contributed by atoms with Gasteiger partial charge in [-0.3, -0.25) is 13.9 Å². The summed E-state index contributed by atoms with van der Waals surface area (Å²) in [6.45, 7) is 9.88. The lowest BCUT2D eigenvalue weighted by molar-refractivity contribution is -0.105. The number of methoxy groups -OCH3 is 1. The van der Waals surface area contributed by atoms with Gasteiger partial charge in [0.15, 0.2) is 0 Å². The number of aryl methyl sites for hydroxylation is 2. The highest BCUT2D eigenvalue weighted by atomic mass is 32.2. The van der Waals surface area contributed by atoms with E-state index in [1.165, 1.54) is 48.2 Å². The van der Waals surface area contributed by atoms with Crippen molar-refractivity contribution < 1.29 is 28.0 Å². The van der Waals surface area contributed by atoms with E-state index in [0.29, 0.717) is 24.1 Å². The van der Waals surface area contributed by atoms with Crippen LogP contribution >= 0.6 is 0 Å². The van der Waals surface area contributed by atoms with Crippen molar-refractivity contribution in [3.63, 3.8) is 0 Å². The number of carbonyl (C=O) groups excluding carboxylic acids is 2. The van der Waals surface area contributed by atoms with Crippen molar-refractivity contribution in [1.82, 2.24) is 5.32 Å². The molecule has 0 aliphatic heterocycles. The van der Waals surface area contributed by atoms with Crippen molar-refractivity contribution in [3.8, 4) is 0 Å². The summed E-state index contributed by atoms with van der Waals surface area (Å²) in [5, 5.41) is 15.4. The SMILES string of the molecule is CC.COC(C)CC(O)CNC(=O)c1cc(CCCCc2cccc(C3CC3)c2)cc(N(C)S(=O)C(C)C)c1.O=CNc1ccc(F)cc1. The molecule has 2 amide bonds. The van der Waals surface area contributed by atoms with Crippen LogP contribution in [0.1, 0.15) is 99.7 Å². The second-order valence-corrected chi connectivity index (χ2v) is 14.4. The molecule has 0 heterocycles. The van der Waals surface area contributed by atoms with E-state index < -0.39 is 17.1 Å². The number of hydrogen-bond donors (Lipinski definition) is 3. The van der Waals surface area contributed by atoms with E-state index in [2.05, 4.69) is 34.9 Å². The number of carbonyl (C=O) groups is 2. The first kappa shape index (κ1) is 41.6. The summed E-state index contributed by atoms with van der Waals surface area (Å²) in [6.07, 6.45) is 6.81. The lowest BCUT2D eigenvalue weighted by atomic mass is 9.99. The Morgan fingerprint density at radius 2 is 1.67 bits per heavy atom. The minimum absolute atomic E-state index is 0.0322. The van der Waals surface area contributed by atoms with Crippen LogP contribution in [-0.2, 0) is 33.4 Å². The number of rotatable bonds is 17. The van der Waals surface area contributed by atoms with Crippen LogP contribution in [0.25, 0.3) is 0 Å². The Kier molecular flexibility index (Phi) is 18.8. The van der Waals surface area contributed by atoms with Crippen molar-refractivity contribution in [1.29, 1.82) is 0 Å². The molecule has 10 heteroatoms. The second-order valence-electron chi connectivity index (χ2n) is 12.4. The highest BCUT2D eigenvalue weighted by Gasteiger charge is 2.23. The smallest absolute Gasteiger partial charge is 0.251 e. The Hall–Kier alpha value is -3.60. The lowest BCUT2D eigenvalue weighted by Crippen LogP contribution is -2.34. The zero-order chi connectivity index (χ0) is 36.3. The predicted molar refractivity (Wildman–Crippen MR) is 200 cm³/mol. The van der Waals surface area contributed by atoms with Crippen molar-refractivity contribution >= 4 is 34.7 Å². The molecule has 0 radical (unpaired) electrons. The number of unbranched alkanes of at least 4 members (excludes halogenated alkanes) is 1. The third-order valence-corrected chi connectivity index (χ3v) is 9.59. The van der Waals surface area contributed by atoms with Gasteiger partial charge in [-0.2, -0.15) is 0 Å². The van der Waals surface area contributed by atoms with E-state index in [-0.39, 0.29) is 29.6 Å². The van der Waals surface area contributed by atoms with Gasteiger partial charge in [0.05, 0.1) is 12.2 Å². The maximum Gasteiger partial charge on any atom is 0.251 e. The molecule has 3 N–H and O–H groups in total. The van der Waals surface area contributed by atoms with Crippen LogP contribution in [0.3, 0.4) is 0 Å². The monoisotopic (exact) mass is 697 g/mol. The molecule has 0 spiro atoms. The fraction of sp³-hybridized carbons (Fsp3) is 0.487. The van der Waals surface area contributed by atoms with Crippen molar-refractivity contribution in [2.45, 2.75) is 103 Å². The summed E-state index contributed by atoms with van der Waals surface area (Å²) in [6, 6.07) is 20.3. The number of hydrogen-bond acceptors (Lipinski definition) is 5. The number of nitrogens with one attached hydrogen (secondary N) is 2. The molecule has 1 aliphatic carbocycles. The summed E-state index contributed by atoms with van der Waals surface area (Å²) in [5.41, 5.74) is 5.80. The third-order valence-electron chi connectivity index (χ3n) is 8.03. The number of aliphatic hydroxyl groups is 1. The van der Waals surface area contributed by atoms with Gasteiger partial charge in [0.1, 0.15) is 16.8 Å². The number of benzene rings is 3. The Labute approximate surface area is 295 Å². The molecule has 0 bridgehead atoms. The molecule has 4 rings (SSSR count). The van der Waals surface area contributed by atoms with E-state index in [9.17, 15) is 23.3 Å². The van der Waals surface area contributed by atoms with Crippen LogP contribution in [-0.4, -0.2) is 59.8 Å². The molecule has 270 valence electrons. The molecule has 8 nitrogen and oxygen atoms in total. The molecular weight excluding hydrogens is 642 g/mol. The van der Waals surface area contributed by atoms with E-state index in [4.69, 9.17) is 4.74 Å². The maximum atomic E-state index is 13.0. The molecule has 3 atom stereocenters. The number of nitrogens with zero attached hydrogens (tertiary/aromatic N) is 1. The van der Waals surface area contributed by atoms with Crippen LogP contribution in [0.4, 0.5) is 15.8 Å². The number of amides is 2. The van der Waals surface area contributed by atoms with E-state index in [1.807, 2.05) is 46.8 Å². The molecule has 0 aromatic heterocycles. The Morgan fingerprint density at radius 1 is 1.02 bits per heavy atom. The first-order valence-corrected chi connectivity index (χ1v) is 18.5. The topological polar surface area (TPSA) is 108 Å². The van der Waals surface area contributed by atoms with E-state index in [0.717, 1.165) is 42.9 Å². The lowest BCUT2D eigenvalue weighted by Gasteiger charge is -2.22. The normalized spacial score (nSPS) is 13.9. The number of aliphatic hydroxyl groups excluding tert-OH is 1. The molecule has 49 heavy (non-hydrogen) atoms. The minimum atomic E-state index is -1.20. The van der Waals surface area contributed by atoms with Crippen LogP contribution in [0, 0.1) is 5.82 Å². The van der Waals surface area contributed by atoms with Gasteiger partial charge >= 0.3 is 0 Å². The zero-order valence-corrected chi connectivity index (χ0v) is 31.0. The van der Waals surface area contributed by atoms with E-state index in [1.54, 1.807) is 24.5 Å². The van der Waals surface area contributed by atoms with Gasteiger partial charge in [0.2, 0.25) is 6.41 Å². The van der Waals surface area contributed by atoms with Crippen molar-refractivity contribution in [3.05, 3.63) is 94.8 Å². The first-order valence-electron chi connectivity index (χ1n) is 17.3. The predicted octanol–water partition coefficient (Wildman–Crippen LogP) is 7.57. The highest BCUT2D eigenvalue weighted by molar-refractivity contribution is 7.87. The van der Waals surface area contributed by atoms with Gasteiger partial charge in [0, 0.05) is 49.3 Å². The van der Waals surface area contributed by atoms with Gasteiger partial charge in [0.25, 0.3) is 5.91 Å². The molecule has 1 fully saturated rings. The van der Waals surface area contributed by atoms with Crippen LogP contribution in [0.5, 0.6) is 0 Å². The molecular formula is C39H56FN3O5S. The Balaban J connectivity index is 0.000000588. The number of ether oxygens (including phenoxy) is 1. The summed E-state index contributed by atoms with van der Waals surface area (Å²) < 4.78 is 31.9. The zero-order valence-electron chi connectivity index (χ0n) is 30.2. The maximum absolute atomic E-state index is 13.0. The third kappa shape index (κ3) is 15.2. The fourth-order valence-corrected chi connectivity index (χ4v) is 6.06. The molecule has 3 aromatic rings. The standard InChI is InChI=1S/C30H44N2O4S.C7H6FNO.C2H6/c1-21(2)37(35)32(4)28-18-24(10-7-6-9-23-11-8-12-26(16-23)25-13-14-25)17-27(19-28)30(34)31-20-29(33)15-22(3)36-5;8-6-1-3-7(4-2-6)9-5-10;1-2/h8,11-12,16-19,21-22,25,29,33H,6-7,9-10,13-15,20H2,1-5H3,(H,31,34);1-5H,(H,9,10);1-2H3. The van der Waals surface area contributed by atoms with Gasteiger partial charge in [-0.25, -0.2) is 8.60 Å². The fourth-order valence-electron chi connectivity index (χ4n) is 5.12. The molecule has 0 saturated heterocycles. The van der Waals surface area contributed by atoms with Crippen molar-refractivity contribution in [2.24, 2.45) is 0 Å². The van der Waals surface area contributed by atoms with Gasteiger partial charge in [-0.15, -0.1) is 0 Å². The average molecular weight is 698 g/mol. The second kappa shape index (κ2) is 22.2. The number of anilines is 2. The van der Waals surface area contributed by atoms with Crippen LogP contribution in [0.2, 0.25) is 0 Å². The van der Waals surface area contributed by atoms with Crippen LogP contribution < -0.4 is 14.9 Å². The summed E-state index contributed by atoms with van der Waals surface area (Å²) in [4.78, 5) is 22.8.